The predicted octanol–water partition coefficient (Wildman–Crippen LogP) is 5.48. The first-order valence-electron chi connectivity index (χ1n) is 9.62. The molecule has 0 saturated carbocycles. The molecular formula is C23H30O3. The summed E-state index contributed by atoms with van der Waals surface area (Å²) in [6.07, 6.45) is 20.7. The first-order valence-corrected chi connectivity index (χ1v) is 9.62. The maximum atomic E-state index is 10.4. The van der Waals surface area contributed by atoms with Crippen molar-refractivity contribution >= 4 is 5.97 Å². The smallest absolute Gasteiger partial charge is 0.303 e. The van der Waals surface area contributed by atoms with E-state index >= 15 is 0 Å². The minimum absolute atomic E-state index is 0.251. The van der Waals surface area contributed by atoms with Gasteiger partial charge in [-0.15, -0.1) is 0 Å². The van der Waals surface area contributed by atoms with Crippen LogP contribution in [0.1, 0.15) is 50.5 Å². The van der Waals surface area contributed by atoms with E-state index in [0.717, 1.165) is 38.5 Å². The van der Waals surface area contributed by atoms with Crippen LogP contribution in [-0.2, 0) is 16.0 Å². The summed E-state index contributed by atoms with van der Waals surface area (Å²) in [5, 5.41) is 8.54. The SMILES string of the molecule is O=C(O)CCCC=CCC=CC[C@H]1O[C@H]1CC=CCCc1ccccc1. The number of aryl methyl sites for hydroxylation is 1. The molecule has 0 radical (unpaired) electrons. The molecule has 3 heteroatoms. The zero-order valence-corrected chi connectivity index (χ0v) is 15.4. The van der Waals surface area contributed by atoms with Gasteiger partial charge in [-0.2, -0.15) is 0 Å². The zero-order chi connectivity index (χ0) is 18.5. The van der Waals surface area contributed by atoms with Crippen LogP contribution in [-0.4, -0.2) is 23.3 Å². The Morgan fingerprint density at radius 1 is 0.923 bits per heavy atom. The Bertz CT molecular complexity index is 601. The molecule has 1 N–H and O–H groups in total. The lowest BCUT2D eigenvalue weighted by atomic mass is 10.1. The number of benzene rings is 1. The number of epoxide rings is 1. The minimum atomic E-state index is -0.719. The summed E-state index contributed by atoms with van der Waals surface area (Å²) < 4.78 is 5.69. The highest BCUT2D eigenvalue weighted by Crippen LogP contribution is 2.29. The Balaban J connectivity index is 1.44. The molecule has 0 aliphatic carbocycles. The summed E-state index contributed by atoms with van der Waals surface area (Å²) in [6, 6.07) is 10.6. The van der Waals surface area contributed by atoms with E-state index in [2.05, 4.69) is 66.8 Å². The van der Waals surface area contributed by atoms with Gasteiger partial charge in [-0.05, 0) is 50.5 Å². The van der Waals surface area contributed by atoms with E-state index in [4.69, 9.17) is 9.84 Å². The van der Waals surface area contributed by atoms with Crippen LogP contribution in [0.25, 0.3) is 0 Å². The highest BCUT2D eigenvalue weighted by molar-refractivity contribution is 5.66. The van der Waals surface area contributed by atoms with Gasteiger partial charge in [0.2, 0.25) is 0 Å². The average molecular weight is 354 g/mol. The third-order valence-corrected chi connectivity index (χ3v) is 4.40. The van der Waals surface area contributed by atoms with Crippen LogP contribution < -0.4 is 0 Å². The maximum absolute atomic E-state index is 10.4. The van der Waals surface area contributed by atoms with Crippen molar-refractivity contribution in [1.82, 2.24) is 0 Å². The minimum Gasteiger partial charge on any atom is -0.481 e. The number of carboxylic acid groups (broad SMARTS) is 1. The van der Waals surface area contributed by atoms with Gasteiger partial charge in [-0.1, -0.05) is 66.8 Å². The molecule has 1 aliphatic heterocycles. The second kappa shape index (κ2) is 12.3. The largest absolute Gasteiger partial charge is 0.481 e. The van der Waals surface area contributed by atoms with Crippen LogP contribution in [0, 0.1) is 0 Å². The third kappa shape index (κ3) is 9.38. The van der Waals surface area contributed by atoms with Crippen molar-refractivity contribution in [3.8, 4) is 0 Å². The summed E-state index contributed by atoms with van der Waals surface area (Å²) in [7, 11) is 0. The van der Waals surface area contributed by atoms with Crippen LogP contribution in [0.2, 0.25) is 0 Å². The number of aliphatic carboxylic acids is 1. The van der Waals surface area contributed by atoms with Gasteiger partial charge in [0, 0.05) is 6.42 Å². The van der Waals surface area contributed by atoms with E-state index < -0.39 is 5.97 Å². The average Bonchev–Trinajstić information content (AvgIpc) is 3.39. The number of carbonyl (C=O) groups is 1. The Kier molecular flexibility index (Phi) is 9.52. The number of unbranched alkanes of at least 4 members (excludes halogenated alkanes) is 1. The first-order chi connectivity index (χ1) is 12.8. The molecule has 0 bridgehead atoms. The quantitative estimate of drug-likeness (QED) is 0.290. The van der Waals surface area contributed by atoms with Crippen LogP contribution >= 0.6 is 0 Å². The Morgan fingerprint density at radius 3 is 2.31 bits per heavy atom. The fourth-order valence-electron chi connectivity index (χ4n) is 2.83. The molecule has 0 aromatic heterocycles. The van der Waals surface area contributed by atoms with Gasteiger partial charge in [0.1, 0.15) is 0 Å². The fraction of sp³-hybridized carbons (Fsp3) is 0.435. The lowest BCUT2D eigenvalue weighted by Gasteiger charge is -1.96. The number of ether oxygens (including phenoxy) is 1. The maximum Gasteiger partial charge on any atom is 0.303 e. The second-order valence-electron chi connectivity index (χ2n) is 6.64. The number of rotatable bonds is 13. The van der Waals surface area contributed by atoms with E-state index in [1.807, 2.05) is 0 Å². The molecule has 140 valence electrons. The topological polar surface area (TPSA) is 49.8 Å². The van der Waals surface area contributed by atoms with Crippen molar-refractivity contribution in [2.24, 2.45) is 0 Å². The van der Waals surface area contributed by atoms with Crippen molar-refractivity contribution in [1.29, 1.82) is 0 Å². The van der Waals surface area contributed by atoms with Gasteiger partial charge < -0.3 is 9.84 Å². The van der Waals surface area contributed by atoms with Crippen molar-refractivity contribution in [2.75, 3.05) is 0 Å². The lowest BCUT2D eigenvalue weighted by Crippen LogP contribution is -1.92. The Morgan fingerprint density at radius 2 is 1.58 bits per heavy atom. The fourth-order valence-corrected chi connectivity index (χ4v) is 2.83. The molecule has 1 aromatic rings. The highest BCUT2D eigenvalue weighted by atomic mass is 16.6. The predicted molar refractivity (Wildman–Crippen MR) is 106 cm³/mol. The molecule has 1 heterocycles. The molecule has 2 atom stereocenters. The number of hydrogen-bond donors (Lipinski definition) is 1. The molecule has 0 unspecified atom stereocenters. The van der Waals surface area contributed by atoms with Gasteiger partial charge >= 0.3 is 5.97 Å². The summed E-state index contributed by atoms with van der Waals surface area (Å²) in [6.45, 7) is 0. The highest BCUT2D eigenvalue weighted by Gasteiger charge is 2.35. The number of allylic oxidation sites excluding steroid dienone is 4. The van der Waals surface area contributed by atoms with Gasteiger partial charge in [-0.3, -0.25) is 4.79 Å². The Hall–Kier alpha value is -2.13. The summed E-state index contributed by atoms with van der Waals surface area (Å²) in [5.41, 5.74) is 1.39. The molecule has 1 aromatic carbocycles. The summed E-state index contributed by atoms with van der Waals surface area (Å²) in [5.74, 6) is -0.719. The van der Waals surface area contributed by atoms with E-state index in [0.29, 0.717) is 18.6 Å². The van der Waals surface area contributed by atoms with E-state index in [9.17, 15) is 4.79 Å². The normalized spacial score (nSPS) is 19.7. The zero-order valence-electron chi connectivity index (χ0n) is 15.4. The van der Waals surface area contributed by atoms with Gasteiger partial charge in [0.15, 0.2) is 0 Å². The molecule has 0 amide bonds. The Labute approximate surface area is 157 Å². The first kappa shape index (κ1) is 20.2. The summed E-state index contributed by atoms with van der Waals surface area (Å²) >= 11 is 0. The number of hydrogen-bond acceptors (Lipinski definition) is 2. The standard InChI is InChI=1S/C23H30O3/c24-23(25)19-13-5-3-1-2-4-11-17-21-22(26-21)18-12-7-10-16-20-14-8-6-9-15-20/h1,3-4,6-9,11-12,14-15,21-22H,2,5,10,13,16-19H2,(H,24,25)/t21-,22+/m1/s1. The molecule has 3 nitrogen and oxygen atoms in total. The molecule has 1 fully saturated rings. The van der Waals surface area contributed by atoms with Gasteiger partial charge in [0.05, 0.1) is 12.2 Å². The van der Waals surface area contributed by atoms with Crippen LogP contribution in [0.3, 0.4) is 0 Å². The third-order valence-electron chi connectivity index (χ3n) is 4.40. The van der Waals surface area contributed by atoms with Crippen LogP contribution in [0.15, 0.2) is 66.8 Å². The van der Waals surface area contributed by atoms with Gasteiger partial charge in [-0.25, -0.2) is 0 Å². The molecule has 26 heavy (non-hydrogen) atoms. The van der Waals surface area contributed by atoms with Crippen LogP contribution in [0.5, 0.6) is 0 Å². The molecule has 2 rings (SSSR count). The second-order valence-corrected chi connectivity index (χ2v) is 6.64. The molecule has 1 saturated heterocycles. The number of carboxylic acids is 1. The van der Waals surface area contributed by atoms with Crippen molar-refractivity contribution in [3.05, 3.63) is 72.4 Å². The molecule has 0 spiro atoms. The molecular weight excluding hydrogens is 324 g/mol. The van der Waals surface area contributed by atoms with Gasteiger partial charge in [0.25, 0.3) is 0 Å². The lowest BCUT2D eigenvalue weighted by molar-refractivity contribution is -0.137. The van der Waals surface area contributed by atoms with Crippen molar-refractivity contribution in [3.63, 3.8) is 0 Å². The van der Waals surface area contributed by atoms with E-state index in [1.54, 1.807) is 0 Å². The van der Waals surface area contributed by atoms with Crippen LogP contribution in [0.4, 0.5) is 0 Å². The molecule has 1 aliphatic rings. The van der Waals surface area contributed by atoms with Crippen molar-refractivity contribution in [2.45, 2.75) is 63.6 Å². The van der Waals surface area contributed by atoms with Crippen molar-refractivity contribution < 1.29 is 14.6 Å². The van der Waals surface area contributed by atoms with E-state index in [1.165, 1.54) is 5.56 Å². The summed E-state index contributed by atoms with van der Waals surface area (Å²) in [4.78, 5) is 10.4. The van der Waals surface area contributed by atoms with E-state index in [-0.39, 0.29) is 6.42 Å². The monoisotopic (exact) mass is 354 g/mol.